The minimum Gasteiger partial charge on any atom is -0.357 e. The minimum atomic E-state index is -3.68. The zero-order valence-electron chi connectivity index (χ0n) is 16.1. The molecule has 1 aliphatic heterocycles. The predicted molar refractivity (Wildman–Crippen MR) is 106 cm³/mol. The summed E-state index contributed by atoms with van der Waals surface area (Å²) in [7, 11) is -3.68. The monoisotopic (exact) mass is 395 g/mol. The molecular formula is C20H30FN3O2S. The van der Waals surface area contributed by atoms with Crippen molar-refractivity contribution in [2.75, 3.05) is 31.9 Å². The lowest BCUT2D eigenvalue weighted by Crippen LogP contribution is -2.42. The van der Waals surface area contributed by atoms with E-state index in [0.29, 0.717) is 5.41 Å². The number of hydrogen-bond acceptors (Lipinski definition) is 3. The number of nitrogens with zero attached hydrogens (tertiary/aromatic N) is 2. The normalized spacial score (nSPS) is 20.2. The van der Waals surface area contributed by atoms with Crippen molar-refractivity contribution in [2.24, 2.45) is 10.4 Å². The van der Waals surface area contributed by atoms with Gasteiger partial charge in [0.15, 0.2) is 15.8 Å². The Morgan fingerprint density at radius 1 is 1.22 bits per heavy atom. The number of aliphatic imine (C=N–C) groups is 1. The average Bonchev–Trinajstić information content (AvgIpc) is 3.05. The SMILES string of the molecule is CCNC(=NCCS(=O)(=O)c1ccccc1F)N1CCC2(CCCCC2)C1. The Hall–Kier alpha value is -1.63. The van der Waals surface area contributed by atoms with Crippen LogP contribution in [0.1, 0.15) is 45.4 Å². The second-order valence-corrected chi connectivity index (χ2v) is 9.79. The van der Waals surface area contributed by atoms with Crippen molar-refractivity contribution in [1.82, 2.24) is 10.2 Å². The van der Waals surface area contributed by atoms with Crippen molar-refractivity contribution in [3.8, 4) is 0 Å². The van der Waals surface area contributed by atoms with E-state index >= 15 is 0 Å². The van der Waals surface area contributed by atoms with Gasteiger partial charge in [0, 0.05) is 19.6 Å². The number of sulfone groups is 1. The Morgan fingerprint density at radius 3 is 2.67 bits per heavy atom. The average molecular weight is 396 g/mol. The molecule has 0 radical (unpaired) electrons. The van der Waals surface area contributed by atoms with Crippen LogP contribution in [-0.4, -0.2) is 51.2 Å². The highest BCUT2D eigenvalue weighted by molar-refractivity contribution is 7.91. The van der Waals surface area contributed by atoms with Crippen LogP contribution in [0.5, 0.6) is 0 Å². The van der Waals surface area contributed by atoms with Crippen molar-refractivity contribution in [2.45, 2.75) is 50.3 Å². The van der Waals surface area contributed by atoms with E-state index in [2.05, 4.69) is 15.2 Å². The van der Waals surface area contributed by atoms with E-state index < -0.39 is 15.7 Å². The first-order valence-electron chi connectivity index (χ1n) is 9.96. The standard InChI is InChI=1S/C20H30FN3O2S/c1-2-22-19(24-14-12-20(16-24)10-6-3-7-11-20)23-13-15-27(25,26)18-9-5-4-8-17(18)21/h4-5,8-9H,2-3,6-7,10-16H2,1H3,(H,22,23). The number of hydrogen-bond donors (Lipinski definition) is 1. The van der Waals surface area contributed by atoms with Crippen LogP contribution in [0.3, 0.4) is 0 Å². The van der Waals surface area contributed by atoms with Gasteiger partial charge in [0.2, 0.25) is 0 Å². The molecule has 1 aromatic rings. The number of nitrogens with one attached hydrogen (secondary N) is 1. The van der Waals surface area contributed by atoms with E-state index in [1.165, 1.54) is 62.8 Å². The van der Waals surface area contributed by atoms with Gasteiger partial charge in [-0.3, -0.25) is 4.99 Å². The van der Waals surface area contributed by atoms with E-state index in [1.54, 1.807) is 0 Å². The van der Waals surface area contributed by atoms with Gasteiger partial charge in [0.05, 0.1) is 12.3 Å². The molecule has 2 fully saturated rings. The van der Waals surface area contributed by atoms with Crippen LogP contribution >= 0.6 is 0 Å². The summed E-state index contributed by atoms with van der Waals surface area (Å²) in [5, 5.41) is 3.29. The third-order valence-corrected chi connectivity index (χ3v) is 7.50. The molecular weight excluding hydrogens is 365 g/mol. The quantitative estimate of drug-likeness (QED) is 0.614. The van der Waals surface area contributed by atoms with Crippen LogP contribution in [0.15, 0.2) is 34.2 Å². The van der Waals surface area contributed by atoms with Crippen LogP contribution in [0.2, 0.25) is 0 Å². The predicted octanol–water partition coefficient (Wildman–Crippen LogP) is 3.22. The molecule has 2 aliphatic rings. The van der Waals surface area contributed by atoms with Crippen LogP contribution in [0.4, 0.5) is 4.39 Å². The molecule has 1 aliphatic carbocycles. The maximum Gasteiger partial charge on any atom is 0.193 e. The Morgan fingerprint density at radius 2 is 1.96 bits per heavy atom. The van der Waals surface area contributed by atoms with E-state index in [4.69, 9.17) is 0 Å². The zero-order valence-corrected chi connectivity index (χ0v) is 16.9. The molecule has 0 unspecified atom stereocenters. The van der Waals surface area contributed by atoms with E-state index in [9.17, 15) is 12.8 Å². The lowest BCUT2D eigenvalue weighted by Gasteiger charge is -2.33. The molecule has 1 saturated heterocycles. The maximum atomic E-state index is 13.8. The van der Waals surface area contributed by atoms with Gasteiger partial charge in [0.25, 0.3) is 0 Å². The third-order valence-electron chi connectivity index (χ3n) is 5.78. The van der Waals surface area contributed by atoms with Crippen molar-refractivity contribution in [3.63, 3.8) is 0 Å². The second kappa shape index (κ2) is 8.59. The highest BCUT2D eigenvalue weighted by Crippen LogP contribution is 2.43. The zero-order chi connectivity index (χ0) is 19.3. The van der Waals surface area contributed by atoms with E-state index in [0.717, 1.165) is 25.6 Å². The highest BCUT2D eigenvalue weighted by atomic mass is 32.2. The molecule has 0 aromatic heterocycles. The van der Waals surface area contributed by atoms with Crippen molar-refractivity contribution in [1.29, 1.82) is 0 Å². The van der Waals surface area contributed by atoms with Crippen molar-refractivity contribution in [3.05, 3.63) is 30.1 Å². The molecule has 0 bridgehead atoms. The van der Waals surface area contributed by atoms with E-state index in [-0.39, 0.29) is 17.2 Å². The molecule has 1 aromatic carbocycles. The summed E-state index contributed by atoms with van der Waals surface area (Å²) in [6, 6.07) is 5.52. The smallest absolute Gasteiger partial charge is 0.193 e. The molecule has 7 heteroatoms. The second-order valence-electron chi connectivity index (χ2n) is 7.72. The number of likely N-dealkylation sites (tertiary alicyclic amines) is 1. The number of benzene rings is 1. The Kier molecular flexibility index (Phi) is 6.40. The van der Waals surface area contributed by atoms with Gasteiger partial charge in [-0.2, -0.15) is 0 Å². The Bertz CT molecular complexity index is 773. The first-order chi connectivity index (χ1) is 13.0. The summed E-state index contributed by atoms with van der Waals surface area (Å²) in [4.78, 5) is 6.57. The largest absolute Gasteiger partial charge is 0.357 e. The Balaban J connectivity index is 1.65. The van der Waals surface area contributed by atoms with Gasteiger partial charge in [-0.05, 0) is 43.7 Å². The fourth-order valence-corrected chi connectivity index (χ4v) is 5.53. The molecule has 27 heavy (non-hydrogen) atoms. The Labute approximate surface area is 162 Å². The molecule has 0 atom stereocenters. The van der Waals surface area contributed by atoms with Crippen LogP contribution < -0.4 is 5.32 Å². The van der Waals surface area contributed by atoms with Crippen LogP contribution in [0.25, 0.3) is 0 Å². The maximum absolute atomic E-state index is 13.8. The fourth-order valence-electron chi connectivity index (χ4n) is 4.33. The first kappa shape index (κ1) is 20.1. The summed E-state index contributed by atoms with van der Waals surface area (Å²) in [5.41, 5.74) is 0.410. The molecule has 0 amide bonds. The van der Waals surface area contributed by atoms with Gasteiger partial charge >= 0.3 is 0 Å². The number of guanidine groups is 1. The van der Waals surface area contributed by atoms with Crippen LogP contribution in [-0.2, 0) is 9.84 Å². The summed E-state index contributed by atoms with van der Waals surface area (Å²) in [6.45, 7) is 4.84. The third kappa shape index (κ3) is 4.81. The fraction of sp³-hybridized carbons (Fsp3) is 0.650. The van der Waals surface area contributed by atoms with Crippen LogP contribution in [0, 0.1) is 11.2 Å². The lowest BCUT2D eigenvalue weighted by molar-refractivity contribution is 0.203. The minimum absolute atomic E-state index is 0.127. The van der Waals surface area contributed by atoms with Crippen molar-refractivity contribution >= 4 is 15.8 Å². The van der Waals surface area contributed by atoms with E-state index in [1.807, 2.05) is 6.92 Å². The molecule has 1 saturated carbocycles. The van der Waals surface area contributed by atoms with Gasteiger partial charge in [-0.25, -0.2) is 12.8 Å². The number of halogens is 1. The molecule has 150 valence electrons. The van der Waals surface area contributed by atoms with Gasteiger partial charge in [-0.15, -0.1) is 0 Å². The van der Waals surface area contributed by atoms with Gasteiger partial charge < -0.3 is 10.2 Å². The molecule has 3 rings (SSSR count). The first-order valence-corrected chi connectivity index (χ1v) is 11.6. The summed E-state index contributed by atoms with van der Waals surface area (Å²) >= 11 is 0. The number of rotatable bonds is 5. The van der Waals surface area contributed by atoms with Gasteiger partial charge in [-0.1, -0.05) is 31.4 Å². The molecule has 1 N–H and O–H groups in total. The molecule has 1 heterocycles. The summed E-state index contributed by atoms with van der Waals surface area (Å²) in [5.74, 6) is -0.113. The summed E-state index contributed by atoms with van der Waals surface area (Å²) < 4.78 is 38.6. The van der Waals surface area contributed by atoms with Gasteiger partial charge in [0.1, 0.15) is 10.7 Å². The summed E-state index contributed by atoms with van der Waals surface area (Å²) in [6.07, 6.45) is 7.70. The topological polar surface area (TPSA) is 61.8 Å². The highest BCUT2D eigenvalue weighted by Gasteiger charge is 2.39. The molecule has 1 spiro atoms. The lowest BCUT2D eigenvalue weighted by atomic mass is 9.73. The molecule has 5 nitrogen and oxygen atoms in total. The van der Waals surface area contributed by atoms with Crippen molar-refractivity contribution < 1.29 is 12.8 Å².